The Hall–Kier alpha value is -3.30. The molecular formula is C17H28N4O11. The summed E-state index contributed by atoms with van der Waals surface area (Å²) in [6, 6.07) is -6.61. The Bertz CT molecular complexity index is 725. The Kier molecular flexibility index (Phi) is 11.8. The Morgan fingerprint density at radius 3 is 1.66 bits per heavy atom. The number of carbonyl (C=O) groups is 6. The highest BCUT2D eigenvalue weighted by atomic mass is 16.4. The summed E-state index contributed by atoms with van der Waals surface area (Å²) in [5.41, 5.74) is 5.41. The summed E-state index contributed by atoms with van der Waals surface area (Å²) in [7, 11) is 0. The number of carboxylic acid groups (broad SMARTS) is 3. The van der Waals surface area contributed by atoms with Crippen molar-refractivity contribution in [1.29, 1.82) is 0 Å². The van der Waals surface area contributed by atoms with Crippen LogP contribution in [0, 0.1) is 0 Å². The second-order valence-corrected chi connectivity index (χ2v) is 6.99. The van der Waals surface area contributed by atoms with Crippen molar-refractivity contribution in [2.45, 2.75) is 69.5 Å². The molecule has 0 aliphatic heterocycles. The molecule has 0 aliphatic rings. The maximum atomic E-state index is 12.6. The number of aliphatic carboxylic acids is 3. The molecule has 0 spiro atoms. The third-order valence-electron chi connectivity index (χ3n) is 4.12. The van der Waals surface area contributed by atoms with Gasteiger partial charge in [-0.05, 0) is 20.3 Å². The highest BCUT2D eigenvalue weighted by molar-refractivity contribution is 5.95. The first kappa shape index (κ1) is 28.7. The molecule has 10 N–H and O–H groups in total. The molecule has 0 aromatic heterocycles. The van der Waals surface area contributed by atoms with Gasteiger partial charge >= 0.3 is 17.9 Å². The molecule has 6 unspecified atom stereocenters. The highest BCUT2D eigenvalue weighted by Crippen LogP contribution is 2.04. The third-order valence-corrected chi connectivity index (χ3v) is 4.12. The van der Waals surface area contributed by atoms with E-state index in [1.54, 1.807) is 0 Å². The molecule has 3 amide bonds. The predicted octanol–water partition coefficient (Wildman–Crippen LogP) is -4.05. The van der Waals surface area contributed by atoms with Gasteiger partial charge in [0.25, 0.3) is 0 Å². The SMILES string of the molecule is CC(O)C(NC(=O)C(NC(=O)C(CCC(=O)O)NC(=O)C(N)CC(=O)O)C(C)O)C(=O)O. The summed E-state index contributed by atoms with van der Waals surface area (Å²) in [6.45, 7) is 2.18. The first-order chi connectivity index (χ1) is 14.7. The van der Waals surface area contributed by atoms with E-state index in [2.05, 4.69) is 10.6 Å². The first-order valence-corrected chi connectivity index (χ1v) is 9.36. The largest absolute Gasteiger partial charge is 0.481 e. The van der Waals surface area contributed by atoms with Crippen LogP contribution in [0.25, 0.3) is 0 Å². The van der Waals surface area contributed by atoms with Gasteiger partial charge in [-0.1, -0.05) is 0 Å². The smallest absolute Gasteiger partial charge is 0.328 e. The second kappa shape index (κ2) is 13.2. The number of hydrogen-bond donors (Lipinski definition) is 9. The van der Waals surface area contributed by atoms with Crippen LogP contribution in [0.1, 0.15) is 33.1 Å². The van der Waals surface area contributed by atoms with Crippen LogP contribution in [0.3, 0.4) is 0 Å². The lowest BCUT2D eigenvalue weighted by Crippen LogP contribution is -2.61. The lowest BCUT2D eigenvalue weighted by atomic mass is 10.1. The molecule has 0 rings (SSSR count). The Morgan fingerprint density at radius 2 is 1.25 bits per heavy atom. The van der Waals surface area contributed by atoms with Crippen LogP contribution in [0.4, 0.5) is 0 Å². The van der Waals surface area contributed by atoms with Crippen LogP contribution in [0.15, 0.2) is 0 Å². The van der Waals surface area contributed by atoms with Crippen LogP contribution < -0.4 is 21.7 Å². The van der Waals surface area contributed by atoms with Crippen LogP contribution in [-0.2, 0) is 28.8 Å². The quantitative estimate of drug-likeness (QED) is 0.119. The lowest BCUT2D eigenvalue weighted by Gasteiger charge is -2.26. The fourth-order valence-electron chi connectivity index (χ4n) is 2.39. The topological polar surface area (TPSA) is 266 Å². The number of carboxylic acids is 3. The van der Waals surface area contributed by atoms with Gasteiger partial charge in [0.05, 0.1) is 24.7 Å². The Morgan fingerprint density at radius 1 is 0.750 bits per heavy atom. The summed E-state index contributed by atoms with van der Waals surface area (Å²) in [5, 5.41) is 52.0. The van der Waals surface area contributed by atoms with Crippen LogP contribution in [0.2, 0.25) is 0 Å². The van der Waals surface area contributed by atoms with Crippen LogP contribution >= 0.6 is 0 Å². The zero-order valence-electron chi connectivity index (χ0n) is 17.3. The lowest BCUT2D eigenvalue weighted by molar-refractivity contribution is -0.146. The molecule has 32 heavy (non-hydrogen) atoms. The van der Waals surface area contributed by atoms with Crippen molar-refractivity contribution >= 4 is 35.6 Å². The summed E-state index contributed by atoms with van der Waals surface area (Å²) in [6.07, 6.45) is -4.91. The maximum Gasteiger partial charge on any atom is 0.328 e. The highest BCUT2D eigenvalue weighted by Gasteiger charge is 2.34. The van der Waals surface area contributed by atoms with Gasteiger partial charge in [-0.15, -0.1) is 0 Å². The van der Waals surface area contributed by atoms with Gasteiger partial charge in [0.15, 0.2) is 6.04 Å². The molecule has 0 fully saturated rings. The van der Waals surface area contributed by atoms with E-state index in [-0.39, 0.29) is 0 Å². The minimum Gasteiger partial charge on any atom is -0.481 e. The van der Waals surface area contributed by atoms with Gasteiger partial charge in [0.2, 0.25) is 17.7 Å². The zero-order chi connectivity index (χ0) is 25.2. The van der Waals surface area contributed by atoms with E-state index < -0.39 is 91.3 Å². The Labute approximate surface area is 182 Å². The average Bonchev–Trinajstić information content (AvgIpc) is 2.65. The minimum atomic E-state index is -1.75. The molecule has 0 saturated heterocycles. The molecule has 6 atom stereocenters. The Balaban J connectivity index is 5.49. The van der Waals surface area contributed by atoms with Gasteiger partial charge < -0.3 is 47.2 Å². The van der Waals surface area contributed by atoms with E-state index in [0.29, 0.717) is 0 Å². The van der Waals surface area contributed by atoms with E-state index in [0.717, 1.165) is 13.8 Å². The molecule has 0 bridgehead atoms. The normalized spacial score (nSPS) is 16.4. The molecule has 0 heterocycles. The molecule has 15 nitrogen and oxygen atoms in total. The number of carbonyl (C=O) groups excluding carboxylic acids is 3. The van der Waals surface area contributed by atoms with E-state index in [1.807, 2.05) is 5.32 Å². The summed E-state index contributed by atoms with van der Waals surface area (Å²) < 4.78 is 0. The van der Waals surface area contributed by atoms with Crippen LogP contribution in [-0.4, -0.2) is 97.5 Å². The van der Waals surface area contributed by atoms with Crippen LogP contribution in [0.5, 0.6) is 0 Å². The molecule has 0 aromatic rings. The van der Waals surface area contributed by atoms with Crippen molar-refractivity contribution < 1.29 is 54.3 Å². The number of nitrogens with one attached hydrogen (secondary N) is 3. The summed E-state index contributed by atoms with van der Waals surface area (Å²) in [4.78, 5) is 69.6. The number of nitrogens with two attached hydrogens (primary N) is 1. The molecule has 0 aromatic carbocycles. The molecule has 182 valence electrons. The van der Waals surface area contributed by atoms with Gasteiger partial charge in [0.1, 0.15) is 12.1 Å². The van der Waals surface area contributed by atoms with Gasteiger partial charge in [-0.3, -0.25) is 24.0 Å². The number of aliphatic hydroxyl groups excluding tert-OH is 2. The van der Waals surface area contributed by atoms with Crippen molar-refractivity contribution in [1.82, 2.24) is 16.0 Å². The molecule has 15 heteroatoms. The van der Waals surface area contributed by atoms with E-state index in [1.165, 1.54) is 0 Å². The first-order valence-electron chi connectivity index (χ1n) is 9.36. The zero-order valence-corrected chi connectivity index (χ0v) is 17.3. The third kappa shape index (κ3) is 10.1. The minimum absolute atomic E-state index is 0.466. The van der Waals surface area contributed by atoms with Gasteiger partial charge in [-0.2, -0.15) is 0 Å². The second-order valence-electron chi connectivity index (χ2n) is 6.99. The average molecular weight is 464 g/mol. The summed E-state index contributed by atoms with van der Waals surface area (Å²) >= 11 is 0. The van der Waals surface area contributed by atoms with Gasteiger partial charge in [0, 0.05) is 6.42 Å². The molecular weight excluding hydrogens is 436 g/mol. The molecule has 0 saturated carbocycles. The van der Waals surface area contributed by atoms with Crippen molar-refractivity contribution in [2.75, 3.05) is 0 Å². The number of hydrogen-bond acceptors (Lipinski definition) is 9. The number of rotatable bonds is 14. The van der Waals surface area contributed by atoms with Crippen molar-refractivity contribution in [3.8, 4) is 0 Å². The number of aliphatic hydroxyl groups is 2. The number of amides is 3. The fourth-order valence-corrected chi connectivity index (χ4v) is 2.39. The molecule has 0 aliphatic carbocycles. The van der Waals surface area contributed by atoms with Crippen molar-refractivity contribution in [3.05, 3.63) is 0 Å². The predicted molar refractivity (Wildman–Crippen MR) is 104 cm³/mol. The van der Waals surface area contributed by atoms with Gasteiger partial charge in [-0.25, -0.2) is 4.79 Å². The maximum absolute atomic E-state index is 12.6. The fraction of sp³-hybridized carbons (Fsp3) is 0.647. The molecule has 0 radical (unpaired) electrons. The van der Waals surface area contributed by atoms with Crippen molar-refractivity contribution in [3.63, 3.8) is 0 Å². The van der Waals surface area contributed by atoms with E-state index in [4.69, 9.17) is 21.1 Å². The summed E-state index contributed by atoms with van der Waals surface area (Å²) in [5.74, 6) is -7.66. The monoisotopic (exact) mass is 464 g/mol. The van der Waals surface area contributed by atoms with E-state index >= 15 is 0 Å². The van der Waals surface area contributed by atoms with E-state index in [9.17, 15) is 39.0 Å². The standard InChI is InChI=1S/C17H28N4O11/c1-6(22)12(16(30)21-13(7(2)23)17(31)32)20-15(29)9(3-4-10(24)25)19-14(28)8(18)5-11(26)27/h6-9,12-13,22-23H,3-5,18H2,1-2H3,(H,19,28)(H,20,29)(H,21,30)(H,24,25)(H,26,27)(H,31,32). The van der Waals surface area contributed by atoms with Crippen molar-refractivity contribution in [2.24, 2.45) is 5.73 Å².